The largest absolute Gasteiger partial charge is 0.484 e. The molecule has 2 aliphatic heterocycles. The molecule has 0 radical (unpaired) electrons. The van der Waals surface area contributed by atoms with Crippen molar-refractivity contribution in [3.63, 3.8) is 0 Å². The zero-order valence-corrected chi connectivity index (χ0v) is 15.3. The summed E-state index contributed by atoms with van der Waals surface area (Å²) in [6, 6.07) is 9.83. The van der Waals surface area contributed by atoms with Crippen LogP contribution in [-0.4, -0.2) is 58.8 Å². The Bertz CT molecular complexity index is 793. The highest BCUT2D eigenvalue weighted by atomic mass is 16.5. The fourth-order valence-electron chi connectivity index (χ4n) is 3.57. The Labute approximate surface area is 158 Å². The van der Waals surface area contributed by atoms with E-state index in [1.165, 1.54) is 0 Å². The Morgan fingerprint density at radius 2 is 2.04 bits per heavy atom. The van der Waals surface area contributed by atoms with E-state index in [9.17, 15) is 4.79 Å². The van der Waals surface area contributed by atoms with Crippen molar-refractivity contribution >= 4 is 5.91 Å². The van der Waals surface area contributed by atoms with Crippen molar-refractivity contribution in [3.05, 3.63) is 48.3 Å². The van der Waals surface area contributed by atoms with Gasteiger partial charge in [0.25, 0.3) is 5.91 Å². The third-order valence-corrected chi connectivity index (χ3v) is 5.02. The summed E-state index contributed by atoms with van der Waals surface area (Å²) in [5.74, 6) is 0.716. The van der Waals surface area contributed by atoms with Crippen molar-refractivity contribution in [2.24, 2.45) is 0 Å². The smallest absolute Gasteiger partial charge is 0.316 e. The van der Waals surface area contributed by atoms with Crippen LogP contribution in [0.2, 0.25) is 0 Å². The summed E-state index contributed by atoms with van der Waals surface area (Å²) in [6.45, 7) is 3.75. The number of para-hydroxylation sites is 1. The molecule has 2 aromatic rings. The number of likely N-dealkylation sites (tertiary alicyclic amines) is 1. The highest BCUT2D eigenvalue weighted by Crippen LogP contribution is 2.35. The number of amides is 1. The Morgan fingerprint density at radius 3 is 2.81 bits per heavy atom. The van der Waals surface area contributed by atoms with Gasteiger partial charge in [-0.2, -0.15) is 0 Å². The van der Waals surface area contributed by atoms with Gasteiger partial charge in [-0.25, -0.2) is 9.97 Å². The lowest BCUT2D eigenvalue weighted by molar-refractivity contribution is -0.194. The Morgan fingerprint density at radius 1 is 1.26 bits per heavy atom. The number of rotatable bonds is 5. The molecule has 2 fully saturated rings. The first-order valence-corrected chi connectivity index (χ1v) is 9.17. The minimum absolute atomic E-state index is 0.00150. The molecule has 1 aromatic heterocycles. The van der Waals surface area contributed by atoms with Crippen LogP contribution >= 0.6 is 0 Å². The van der Waals surface area contributed by atoms with Crippen molar-refractivity contribution in [1.82, 2.24) is 14.9 Å². The summed E-state index contributed by atoms with van der Waals surface area (Å²) in [5.41, 5.74) is 0.694. The van der Waals surface area contributed by atoms with Gasteiger partial charge in [-0.05, 0) is 24.6 Å². The molecule has 1 amide bonds. The standard InChI is InChI=1S/C20H23N3O4/c1-15-5-2-3-6-17(15)25-12-18(24)23-13-20(14-23)11-16(7-10-26-20)27-19-21-8-4-9-22-19/h2-6,8-9,16H,7,10-14H2,1H3. The Kier molecular flexibility index (Phi) is 4.94. The second-order valence-corrected chi connectivity index (χ2v) is 7.10. The van der Waals surface area contributed by atoms with Crippen LogP contribution in [0.3, 0.4) is 0 Å². The number of aromatic nitrogens is 2. The summed E-state index contributed by atoms with van der Waals surface area (Å²) >= 11 is 0. The molecular weight excluding hydrogens is 346 g/mol. The lowest BCUT2D eigenvalue weighted by Gasteiger charge is -2.52. The average Bonchev–Trinajstić information content (AvgIpc) is 2.66. The van der Waals surface area contributed by atoms with Gasteiger partial charge in [0, 0.05) is 25.2 Å². The van der Waals surface area contributed by atoms with Crippen LogP contribution in [0.1, 0.15) is 18.4 Å². The van der Waals surface area contributed by atoms with Crippen LogP contribution in [0.15, 0.2) is 42.7 Å². The lowest BCUT2D eigenvalue weighted by atomic mass is 9.84. The molecule has 0 aliphatic carbocycles. The minimum atomic E-state index is -0.323. The van der Waals surface area contributed by atoms with E-state index in [4.69, 9.17) is 14.2 Å². The molecule has 0 saturated carbocycles. The first-order chi connectivity index (χ1) is 13.1. The topological polar surface area (TPSA) is 73.8 Å². The van der Waals surface area contributed by atoms with Crippen LogP contribution in [0, 0.1) is 6.92 Å². The highest BCUT2D eigenvalue weighted by molar-refractivity contribution is 5.79. The zero-order chi connectivity index (χ0) is 18.7. The van der Waals surface area contributed by atoms with Gasteiger partial charge in [-0.15, -0.1) is 0 Å². The quantitative estimate of drug-likeness (QED) is 0.803. The molecule has 1 spiro atoms. The summed E-state index contributed by atoms with van der Waals surface area (Å²) in [4.78, 5) is 22.4. The number of hydrogen-bond donors (Lipinski definition) is 0. The van der Waals surface area contributed by atoms with E-state index in [0.29, 0.717) is 25.7 Å². The third-order valence-electron chi connectivity index (χ3n) is 5.02. The molecule has 1 aromatic carbocycles. The Hall–Kier alpha value is -2.67. The molecule has 0 N–H and O–H groups in total. The maximum Gasteiger partial charge on any atom is 0.316 e. The van der Waals surface area contributed by atoms with E-state index < -0.39 is 0 Å². The van der Waals surface area contributed by atoms with Crippen LogP contribution in [0.4, 0.5) is 0 Å². The fraction of sp³-hybridized carbons (Fsp3) is 0.450. The molecule has 2 saturated heterocycles. The van der Waals surface area contributed by atoms with E-state index in [0.717, 1.165) is 24.2 Å². The first kappa shape index (κ1) is 17.7. The van der Waals surface area contributed by atoms with Gasteiger partial charge in [0.05, 0.1) is 19.7 Å². The van der Waals surface area contributed by atoms with Crippen molar-refractivity contribution in [1.29, 1.82) is 0 Å². The second kappa shape index (κ2) is 7.52. The summed E-state index contributed by atoms with van der Waals surface area (Å²) in [5, 5.41) is 0. The van der Waals surface area contributed by atoms with Gasteiger partial charge in [-0.3, -0.25) is 4.79 Å². The van der Waals surface area contributed by atoms with Gasteiger partial charge in [0.1, 0.15) is 17.5 Å². The summed E-state index contributed by atoms with van der Waals surface area (Å²) in [6.07, 6.45) is 4.85. The van der Waals surface area contributed by atoms with E-state index in [-0.39, 0.29) is 24.2 Å². The van der Waals surface area contributed by atoms with E-state index in [2.05, 4.69) is 9.97 Å². The predicted octanol–water partition coefficient (Wildman–Crippen LogP) is 2.00. The van der Waals surface area contributed by atoms with Gasteiger partial charge < -0.3 is 19.1 Å². The van der Waals surface area contributed by atoms with Crippen molar-refractivity contribution in [2.45, 2.75) is 31.5 Å². The van der Waals surface area contributed by atoms with Crippen LogP contribution in [-0.2, 0) is 9.53 Å². The van der Waals surface area contributed by atoms with Crippen LogP contribution in [0.5, 0.6) is 11.8 Å². The van der Waals surface area contributed by atoms with E-state index in [1.54, 1.807) is 23.4 Å². The van der Waals surface area contributed by atoms with Crippen molar-refractivity contribution < 1.29 is 19.0 Å². The van der Waals surface area contributed by atoms with Gasteiger partial charge in [-0.1, -0.05) is 18.2 Å². The molecule has 1 unspecified atom stereocenters. The third kappa shape index (κ3) is 4.03. The number of nitrogens with zero attached hydrogens (tertiary/aromatic N) is 3. The van der Waals surface area contributed by atoms with Crippen molar-refractivity contribution in [2.75, 3.05) is 26.3 Å². The molecule has 1 atom stereocenters. The number of benzene rings is 1. The molecule has 3 heterocycles. The molecule has 4 rings (SSSR count). The first-order valence-electron chi connectivity index (χ1n) is 9.17. The second-order valence-electron chi connectivity index (χ2n) is 7.10. The molecule has 7 heteroatoms. The van der Waals surface area contributed by atoms with Crippen LogP contribution in [0.25, 0.3) is 0 Å². The molecular formula is C20H23N3O4. The monoisotopic (exact) mass is 369 g/mol. The number of hydrogen-bond acceptors (Lipinski definition) is 6. The maximum absolute atomic E-state index is 12.4. The van der Waals surface area contributed by atoms with Gasteiger partial charge in [0.2, 0.25) is 0 Å². The molecule has 27 heavy (non-hydrogen) atoms. The zero-order valence-electron chi connectivity index (χ0n) is 15.3. The van der Waals surface area contributed by atoms with Gasteiger partial charge >= 0.3 is 6.01 Å². The molecule has 7 nitrogen and oxygen atoms in total. The van der Waals surface area contributed by atoms with Gasteiger partial charge in [0.15, 0.2) is 6.61 Å². The van der Waals surface area contributed by atoms with E-state index in [1.807, 2.05) is 31.2 Å². The van der Waals surface area contributed by atoms with Crippen molar-refractivity contribution in [3.8, 4) is 11.8 Å². The minimum Gasteiger partial charge on any atom is -0.484 e. The number of carbonyl (C=O) groups excluding carboxylic acids is 1. The fourth-order valence-corrected chi connectivity index (χ4v) is 3.57. The SMILES string of the molecule is Cc1ccccc1OCC(=O)N1CC2(CC(Oc3ncccn3)CCO2)C1. The highest BCUT2D eigenvalue weighted by Gasteiger charge is 2.50. The molecule has 0 bridgehead atoms. The summed E-state index contributed by atoms with van der Waals surface area (Å²) in [7, 11) is 0. The number of ether oxygens (including phenoxy) is 3. The van der Waals surface area contributed by atoms with E-state index >= 15 is 0 Å². The predicted molar refractivity (Wildman–Crippen MR) is 97.6 cm³/mol. The Balaban J connectivity index is 1.27. The maximum atomic E-state index is 12.4. The van der Waals surface area contributed by atoms with Crippen LogP contribution < -0.4 is 9.47 Å². The number of carbonyl (C=O) groups is 1. The number of aryl methyl sites for hydroxylation is 1. The summed E-state index contributed by atoms with van der Waals surface area (Å²) < 4.78 is 17.5. The normalized spacial score (nSPS) is 20.8. The lowest BCUT2D eigenvalue weighted by Crippen LogP contribution is -2.68. The average molecular weight is 369 g/mol. The molecule has 142 valence electrons. The molecule has 2 aliphatic rings.